The second kappa shape index (κ2) is 7.85. The molecule has 27 heavy (non-hydrogen) atoms. The lowest BCUT2D eigenvalue weighted by Crippen LogP contribution is -2.24. The molecule has 1 heterocycles. The Bertz CT molecular complexity index is 1100. The maximum Gasteiger partial charge on any atom is 0.271 e. The summed E-state index contributed by atoms with van der Waals surface area (Å²) in [5.74, 6) is -0.232. The first kappa shape index (κ1) is 17.0. The van der Waals surface area contributed by atoms with E-state index in [0.29, 0.717) is 10.4 Å². The van der Waals surface area contributed by atoms with Crippen LogP contribution >= 0.6 is 11.3 Å². The molecule has 0 atom stereocenters. The summed E-state index contributed by atoms with van der Waals surface area (Å²) in [5, 5.41) is 6.44. The third-order valence-electron chi connectivity index (χ3n) is 4.08. The van der Waals surface area contributed by atoms with E-state index in [-0.39, 0.29) is 5.91 Å². The lowest BCUT2D eigenvalue weighted by molar-refractivity contribution is 0.0953. The number of thiazole rings is 1. The van der Waals surface area contributed by atoms with Gasteiger partial charge in [-0.2, -0.15) is 0 Å². The molecule has 132 valence electrons. The van der Waals surface area contributed by atoms with Crippen molar-refractivity contribution in [3.63, 3.8) is 0 Å². The molecule has 0 saturated carbocycles. The normalized spacial score (nSPS) is 11.3. The molecule has 4 aromatic rings. The van der Waals surface area contributed by atoms with Gasteiger partial charge in [0, 0.05) is 16.6 Å². The van der Waals surface area contributed by atoms with Crippen molar-refractivity contribution in [2.24, 2.45) is 5.10 Å². The van der Waals surface area contributed by atoms with Crippen LogP contribution in [0.1, 0.15) is 10.4 Å². The van der Waals surface area contributed by atoms with Gasteiger partial charge in [0.2, 0.25) is 4.80 Å². The number of para-hydroxylation sites is 1. The lowest BCUT2D eigenvalue weighted by atomic mass is 10.1. The Kier molecular flexibility index (Phi) is 4.94. The molecule has 0 aliphatic carbocycles. The molecule has 4 nitrogen and oxygen atoms in total. The molecular weight excluding hydrogens is 354 g/mol. The monoisotopic (exact) mass is 371 g/mol. The minimum atomic E-state index is -0.232. The highest BCUT2D eigenvalue weighted by Gasteiger charge is 2.10. The van der Waals surface area contributed by atoms with Gasteiger partial charge >= 0.3 is 0 Å². The Labute approximate surface area is 161 Å². The summed E-state index contributed by atoms with van der Waals surface area (Å²) in [7, 11) is 0. The first-order chi connectivity index (χ1) is 13.3. The van der Waals surface area contributed by atoms with Gasteiger partial charge in [0.15, 0.2) is 0 Å². The summed E-state index contributed by atoms with van der Waals surface area (Å²) in [6, 6.07) is 29.2. The van der Waals surface area contributed by atoms with Crippen LogP contribution in [-0.4, -0.2) is 10.5 Å². The summed E-state index contributed by atoms with van der Waals surface area (Å²) >= 11 is 1.48. The van der Waals surface area contributed by atoms with Crippen molar-refractivity contribution in [3.05, 3.63) is 107 Å². The lowest BCUT2D eigenvalue weighted by Gasteiger charge is -2.09. The van der Waals surface area contributed by atoms with E-state index in [0.717, 1.165) is 16.9 Å². The van der Waals surface area contributed by atoms with E-state index in [1.807, 2.05) is 71.3 Å². The van der Waals surface area contributed by atoms with Gasteiger partial charge in [0.25, 0.3) is 5.91 Å². The first-order valence-electron chi connectivity index (χ1n) is 8.53. The van der Waals surface area contributed by atoms with Gasteiger partial charge in [-0.3, -0.25) is 9.36 Å². The number of aromatic nitrogens is 1. The number of benzene rings is 3. The summed E-state index contributed by atoms with van der Waals surface area (Å²) in [4.78, 5) is 13.0. The Morgan fingerprint density at radius 3 is 2.07 bits per heavy atom. The van der Waals surface area contributed by atoms with Crippen LogP contribution in [0.4, 0.5) is 0 Å². The molecule has 1 amide bonds. The van der Waals surface area contributed by atoms with Gasteiger partial charge in [0.1, 0.15) is 0 Å². The molecule has 5 heteroatoms. The number of rotatable bonds is 4. The molecule has 0 spiro atoms. The number of nitrogens with zero attached hydrogens (tertiary/aromatic N) is 2. The van der Waals surface area contributed by atoms with Gasteiger partial charge in [-0.05, 0) is 29.8 Å². The molecule has 0 fully saturated rings. The molecule has 1 aromatic heterocycles. The summed E-state index contributed by atoms with van der Waals surface area (Å²) in [6.07, 6.45) is 0. The minimum Gasteiger partial charge on any atom is -0.284 e. The fraction of sp³-hybridized carbons (Fsp3) is 0. The predicted octanol–water partition coefficient (Wildman–Crippen LogP) is 4.45. The van der Waals surface area contributed by atoms with Crippen LogP contribution in [0.5, 0.6) is 0 Å². The van der Waals surface area contributed by atoms with E-state index in [9.17, 15) is 4.79 Å². The highest BCUT2D eigenvalue weighted by atomic mass is 32.1. The van der Waals surface area contributed by atoms with Gasteiger partial charge in [-0.15, -0.1) is 16.4 Å². The van der Waals surface area contributed by atoms with Crippen LogP contribution < -0.4 is 10.2 Å². The van der Waals surface area contributed by atoms with E-state index >= 15 is 0 Å². The third-order valence-corrected chi connectivity index (χ3v) is 4.91. The van der Waals surface area contributed by atoms with Crippen molar-refractivity contribution < 1.29 is 4.79 Å². The third kappa shape index (κ3) is 3.73. The van der Waals surface area contributed by atoms with Crippen LogP contribution in [0, 0.1) is 0 Å². The SMILES string of the molecule is O=C(N/N=c1/scc(-c2ccccc2)n1-c1ccccc1)c1ccccc1. The van der Waals surface area contributed by atoms with Crippen molar-refractivity contribution in [1.82, 2.24) is 9.99 Å². The van der Waals surface area contributed by atoms with Crippen LogP contribution in [-0.2, 0) is 0 Å². The minimum absolute atomic E-state index is 0.232. The van der Waals surface area contributed by atoms with Crippen molar-refractivity contribution in [2.75, 3.05) is 0 Å². The van der Waals surface area contributed by atoms with E-state index in [2.05, 4.69) is 28.0 Å². The van der Waals surface area contributed by atoms with Crippen molar-refractivity contribution >= 4 is 17.2 Å². The zero-order chi connectivity index (χ0) is 18.5. The fourth-order valence-electron chi connectivity index (χ4n) is 2.78. The average molecular weight is 371 g/mol. The van der Waals surface area contributed by atoms with Crippen LogP contribution in [0.3, 0.4) is 0 Å². The van der Waals surface area contributed by atoms with E-state index < -0.39 is 0 Å². The average Bonchev–Trinajstić information content (AvgIpc) is 3.18. The molecule has 0 unspecified atom stereocenters. The molecule has 0 radical (unpaired) electrons. The summed E-state index contributed by atoms with van der Waals surface area (Å²) in [5.41, 5.74) is 6.35. The maximum absolute atomic E-state index is 12.3. The number of amides is 1. The van der Waals surface area contributed by atoms with Gasteiger partial charge in [-0.1, -0.05) is 66.7 Å². The highest BCUT2D eigenvalue weighted by molar-refractivity contribution is 7.07. The highest BCUT2D eigenvalue weighted by Crippen LogP contribution is 2.22. The van der Waals surface area contributed by atoms with Crippen LogP contribution in [0.25, 0.3) is 16.9 Å². The largest absolute Gasteiger partial charge is 0.284 e. The standard InChI is InChI=1S/C22H17N3OS/c26-21(18-12-6-2-7-13-18)23-24-22-25(19-14-8-3-9-15-19)20(16-27-22)17-10-4-1-5-11-17/h1-16H,(H,23,26)/b24-22+. The molecule has 4 rings (SSSR count). The molecule has 0 bridgehead atoms. The molecule has 0 saturated heterocycles. The van der Waals surface area contributed by atoms with Crippen LogP contribution in [0.2, 0.25) is 0 Å². The quantitative estimate of drug-likeness (QED) is 0.529. The van der Waals surface area contributed by atoms with Gasteiger partial charge in [-0.25, -0.2) is 5.43 Å². The molecule has 1 N–H and O–H groups in total. The Morgan fingerprint density at radius 1 is 0.815 bits per heavy atom. The Morgan fingerprint density at radius 2 is 1.41 bits per heavy atom. The summed E-state index contributed by atoms with van der Waals surface area (Å²) in [6.45, 7) is 0. The Balaban J connectivity index is 1.77. The predicted molar refractivity (Wildman–Crippen MR) is 109 cm³/mol. The molecule has 3 aromatic carbocycles. The van der Waals surface area contributed by atoms with E-state index in [1.165, 1.54) is 11.3 Å². The zero-order valence-electron chi connectivity index (χ0n) is 14.4. The second-order valence-corrected chi connectivity index (χ2v) is 6.70. The van der Waals surface area contributed by atoms with Crippen molar-refractivity contribution in [1.29, 1.82) is 0 Å². The second-order valence-electron chi connectivity index (χ2n) is 5.86. The van der Waals surface area contributed by atoms with Gasteiger partial charge < -0.3 is 0 Å². The van der Waals surface area contributed by atoms with Gasteiger partial charge in [0.05, 0.1) is 5.69 Å². The topological polar surface area (TPSA) is 46.4 Å². The molecule has 0 aliphatic heterocycles. The van der Waals surface area contributed by atoms with E-state index in [4.69, 9.17) is 0 Å². The van der Waals surface area contributed by atoms with Crippen molar-refractivity contribution in [3.8, 4) is 16.9 Å². The number of nitrogens with one attached hydrogen (secondary N) is 1. The molecular formula is C22H17N3OS. The maximum atomic E-state index is 12.3. The zero-order valence-corrected chi connectivity index (χ0v) is 15.3. The summed E-state index contributed by atoms with van der Waals surface area (Å²) < 4.78 is 2.05. The first-order valence-corrected chi connectivity index (χ1v) is 9.41. The van der Waals surface area contributed by atoms with Crippen molar-refractivity contribution in [2.45, 2.75) is 0 Å². The number of hydrogen-bond acceptors (Lipinski definition) is 3. The van der Waals surface area contributed by atoms with E-state index in [1.54, 1.807) is 12.1 Å². The fourth-order valence-corrected chi connectivity index (χ4v) is 3.64. The number of hydrogen-bond donors (Lipinski definition) is 1. The smallest absolute Gasteiger partial charge is 0.271 e. The number of carbonyl (C=O) groups is 1. The van der Waals surface area contributed by atoms with Crippen LogP contribution in [0.15, 0.2) is 101 Å². The number of carbonyl (C=O) groups excluding carboxylic acids is 1. The Hall–Kier alpha value is -3.44. The molecule has 0 aliphatic rings.